The molecule has 2 rings (SSSR count). The van der Waals surface area contributed by atoms with Crippen molar-refractivity contribution in [1.29, 1.82) is 0 Å². The fourth-order valence-corrected chi connectivity index (χ4v) is 2.51. The molecule has 7 nitrogen and oxygen atoms in total. The Balaban J connectivity index is 2.05. The molecule has 0 aliphatic heterocycles. The quantitative estimate of drug-likeness (QED) is 0.700. The number of hydrogen-bond donors (Lipinski definition) is 3. The number of hydrogen-bond acceptors (Lipinski definition) is 4. The lowest BCUT2D eigenvalue weighted by molar-refractivity contribution is -0.123. The van der Waals surface area contributed by atoms with Gasteiger partial charge in [-0.2, -0.15) is 0 Å². The van der Waals surface area contributed by atoms with Gasteiger partial charge in [-0.05, 0) is 11.6 Å². The average molecular weight is 341 g/mol. The molecule has 1 heterocycles. The van der Waals surface area contributed by atoms with Crippen molar-refractivity contribution in [2.45, 2.75) is 19.0 Å². The number of benzene rings is 1. The lowest BCUT2D eigenvalue weighted by atomic mass is 10.1. The van der Waals surface area contributed by atoms with E-state index in [0.29, 0.717) is 13.0 Å². The maximum absolute atomic E-state index is 12.5. The van der Waals surface area contributed by atoms with E-state index in [0.717, 1.165) is 16.9 Å². The minimum absolute atomic E-state index is 0.295. The standard InChI is InChI=1S/C18H23N5O2/c1-23(2)16-14(9-6-10-20-16)12-21-17(24)15(22-18(19)25)11-13-7-4-3-5-8-13/h3-10,15H,11-12H2,1-2H3,(H,21,24)(H3,19,22,25). The summed E-state index contributed by atoms with van der Waals surface area (Å²) in [7, 11) is 3.78. The number of carbonyl (C=O) groups is 2. The molecule has 1 aromatic carbocycles. The summed E-state index contributed by atoms with van der Waals surface area (Å²) in [5.41, 5.74) is 7.03. The first-order valence-electron chi connectivity index (χ1n) is 7.96. The zero-order valence-electron chi connectivity index (χ0n) is 14.4. The van der Waals surface area contributed by atoms with E-state index < -0.39 is 12.1 Å². The summed E-state index contributed by atoms with van der Waals surface area (Å²) in [6.07, 6.45) is 2.07. The van der Waals surface area contributed by atoms with Gasteiger partial charge in [-0.3, -0.25) is 4.79 Å². The molecule has 1 aromatic heterocycles. The molecule has 0 saturated carbocycles. The van der Waals surface area contributed by atoms with E-state index >= 15 is 0 Å². The maximum Gasteiger partial charge on any atom is 0.312 e. The van der Waals surface area contributed by atoms with Crippen LogP contribution in [0.5, 0.6) is 0 Å². The highest BCUT2D eigenvalue weighted by Crippen LogP contribution is 2.14. The number of urea groups is 1. The molecule has 0 radical (unpaired) electrons. The Labute approximate surface area is 147 Å². The number of carbonyl (C=O) groups excluding carboxylic acids is 2. The van der Waals surface area contributed by atoms with Crippen LogP contribution in [0.15, 0.2) is 48.7 Å². The molecule has 1 unspecified atom stereocenters. The number of primary amides is 1. The molecule has 0 saturated heterocycles. The topological polar surface area (TPSA) is 100 Å². The van der Waals surface area contributed by atoms with Crippen LogP contribution in [0, 0.1) is 0 Å². The second-order valence-corrected chi connectivity index (χ2v) is 5.85. The molecule has 0 spiro atoms. The first-order chi connectivity index (χ1) is 12.0. The van der Waals surface area contributed by atoms with E-state index in [9.17, 15) is 9.59 Å². The minimum Gasteiger partial charge on any atom is -0.362 e. The number of nitrogens with two attached hydrogens (primary N) is 1. The number of aromatic nitrogens is 1. The van der Waals surface area contributed by atoms with Gasteiger partial charge in [0.25, 0.3) is 0 Å². The van der Waals surface area contributed by atoms with Gasteiger partial charge in [-0.25, -0.2) is 9.78 Å². The van der Waals surface area contributed by atoms with Gasteiger partial charge < -0.3 is 21.3 Å². The molecule has 25 heavy (non-hydrogen) atoms. The Kier molecular flexibility index (Phi) is 6.33. The zero-order chi connectivity index (χ0) is 18.2. The monoisotopic (exact) mass is 341 g/mol. The molecule has 0 fully saturated rings. The van der Waals surface area contributed by atoms with Gasteiger partial charge >= 0.3 is 6.03 Å². The van der Waals surface area contributed by atoms with Gasteiger partial charge in [0.05, 0.1) is 0 Å². The van der Waals surface area contributed by atoms with E-state index in [1.54, 1.807) is 6.20 Å². The van der Waals surface area contributed by atoms with Crippen molar-refractivity contribution in [2.75, 3.05) is 19.0 Å². The van der Waals surface area contributed by atoms with Crippen molar-refractivity contribution in [2.24, 2.45) is 5.73 Å². The summed E-state index contributed by atoms with van der Waals surface area (Å²) in [5, 5.41) is 5.35. The summed E-state index contributed by atoms with van der Waals surface area (Å²) < 4.78 is 0. The van der Waals surface area contributed by atoms with Crippen LogP contribution in [-0.4, -0.2) is 37.1 Å². The number of anilines is 1. The van der Waals surface area contributed by atoms with Gasteiger partial charge in [-0.1, -0.05) is 36.4 Å². The largest absolute Gasteiger partial charge is 0.362 e. The van der Waals surface area contributed by atoms with E-state index in [1.165, 1.54) is 0 Å². The van der Waals surface area contributed by atoms with E-state index in [-0.39, 0.29) is 5.91 Å². The molecular weight excluding hydrogens is 318 g/mol. The maximum atomic E-state index is 12.5. The highest BCUT2D eigenvalue weighted by Gasteiger charge is 2.20. The summed E-state index contributed by atoms with van der Waals surface area (Å²) in [4.78, 5) is 29.9. The van der Waals surface area contributed by atoms with Crippen LogP contribution in [0.3, 0.4) is 0 Å². The Morgan fingerprint density at radius 1 is 1.16 bits per heavy atom. The molecule has 7 heteroatoms. The summed E-state index contributed by atoms with van der Waals surface area (Å²) >= 11 is 0. The molecule has 3 amide bonds. The third-order valence-corrected chi connectivity index (χ3v) is 3.66. The van der Waals surface area contributed by atoms with Crippen LogP contribution >= 0.6 is 0 Å². The van der Waals surface area contributed by atoms with Crippen molar-refractivity contribution in [3.05, 3.63) is 59.8 Å². The number of amides is 3. The fourth-order valence-electron chi connectivity index (χ4n) is 2.51. The lowest BCUT2D eigenvalue weighted by Gasteiger charge is -2.19. The van der Waals surface area contributed by atoms with Crippen molar-refractivity contribution < 1.29 is 9.59 Å². The summed E-state index contributed by atoms with van der Waals surface area (Å²) in [5.74, 6) is 0.487. The van der Waals surface area contributed by atoms with Gasteiger partial charge in [-0.15, -0.1) is 0 Å². The van der Waals surface area contributed by atoms with Crippen molar-refractivity contribution in [3.63, 3.8) is 0 Å². The van der Waals surface area contributed by atoms with Gasteiger partial charge in [0.1, 0.15) is 11.9 Å². The Morgan fingerprint density at radius 2 is 1.88 bits per heavy atom. The van der Waals surface area contributed by atoms with Crippen LogP contribution in [0.4, 0.5) is 10.6 Å². The first-order valence-corrected chi connectivity index (χ1v) is 7.96. The van der Waals surface area contributed by atoms with Crippen molar-refractivity contribution in [3.8, 4) is 0 Å². The first kappa shape index (κ1) is 18.3. The summed E-state index contributed by atoms with van der Waals surface area (Å²) in [6.45, 7) is 0.311. The highest BCUT2D eigenvalue weighted by atomic mass is 16.2. The molecule has 0 bridgehead atoms. The molecular formula is C18H23N5O2. The van der Waals surface area contributed by atoms with Crippen LogP contribution in [0.2, 0.25) is 0 Å². The predicted octanol–water partition coefficient (Wildman–Crippen LogP) is 1.04. The highest BCUT2D eigenvalue weighted by molar-refractivity contribution is 5.86. The molecule has 1 atom stereocenters. The Bertz CT molecular complexity index is 718. The number of nitrogens with zero attached hydrogens (tertiary/aromatic N) is 2. The minimum atomic E-state index is -0.737. The predicted molar refractivity (Wildman–Crippen MR) is 97.1 cm³/mol. The second-order valence-electron chi connectivity index (χ2n) is 5.85. The van der Waals surface area contributed by atoms with E-state index in [2.05, 4.69) is 15.6 Å². The van der Waals surface area contributed by atoms with E-state index in [1.807, 2.05) is 61.5 Å². The molecule has 0 aliphatic carbocycles. The van der Waals surface area contributed by atoms with Crippen molar-refractivity contribution in [1.82, 2.24) is 15.6 Å². The SMILES string of the molecule is CN(C)c1ncccc1CNC(=O)C(Cc1ccccc1)NC(N)=O. The fraction of sp³-hybridized carbons (Fsp3) is 0.278. The third kappa shape index (κ3) is 5.49. The second kappa shape index (κ2) is 8.68. The number of nitrogens with one attached hydrogen (secondary N) is 2. The van der Waals surface area contributed by atoms with Crippen molar-refractivity contribution >= 4 is 17.8 Å². The molecule has 132 valence electrons. The lowest BCUT2D eigenvalue weighted by Crippen LogP contribution is -2.49. The average Bonchev–Trinajstić information content (AvgIpc) is 2.59. The van der Waals surface area contributed by atoms with Crippen LogP contribution in [0.25, 0.3) is 0 Å². The normalized spacial score (nSPS) is 11.4. The number of rotatable bonds is 7. The molecule has 0 aliphatic rings. The van der Waals surface area contributed by atoms with Crippen LogP contribution in [0.1, 0.15) is 11.1 Å². The third-order valence-electron chi connectivity index (χ3n) is 3.66. The van der Waals surface area contributed by atoms with Gasteiger partial charge in [0.15, 0.2) is 0 Å². The van der Waals surface area contributed by atoms with Gasteiger partial charge in [0, 0.05) is 38.8 Å². The van der Waals surface area contributed by atoms with Gasteiger partial charge in [0.2, 0.25) is 5.91 Å². The Morgan fingerprint density at radius 3 is 2.52 bits per heavy atom. The molecule has 2 aromatic rings. The summed E-state index contributed by atoms with van der Waals surface area (Å²) in [6, 6.07) is 11.7. The molecule has 4 N–H and O–H groups in total. The van der Waals surface area contributed by atoms with Crippen LogP contribution < -0.4 is 21.3 Å². The number of pyridine rings is 1. The zero-order valence-corrected chi connectivity index (χ0v) is 14.4. The van der Waals surface area contributed by atoms with Crippen LogP contribution in [-0.2, 0) is 17.8 Å². The smallest absolute Gasteiger partial charge is 0.312 e. The Hall–Kier alpha value is -3.09. The van der Waals surface area contributed by atoms with E-state index in [4.69, 9.17) is 5.73 Å².